The lowest BCUT2D eigenvalue weighted by molar-refractivity contribution is 0.0717. The van der Waals surface area contributed by atoms with E-state index in [1.54, 1.807) is 23.3 Å². The lowest BCUT2D eigenvalue weighted by Gasteiger charge is -2.28. The van der Waals surface area contributed by atoms with Crippen LogP contribution in [0.15, 0.2) is 75.9 Å². The van der Waals surface area contributed by atoms with E-state index in [2.05, 4.69) is 10.1 Å². The van der Waals surface area contributed by atoms with E-state index in [0.717, 1.165) is 16.7 Å². The molecule has 1 fully saturated rings. The Morgan fingerprint density at radius 1 is 1.06 bits per heavy atom. The summed E-state index contributed by atoms with van der Waals surface area (Å²) in [5.41, 5.74) is 3.71. The highest BCUT2D eigenvalue weighted by Crippen LogP contribution is 2.34. The molecule has 5 rings (SSSR count). The average molecular weight is 476 g/mol. The number of anilines is 1. The van der Waals surface area contributed by atoms with Crippen LogP contribution >= 0.6 is 0 Å². The van der Waals surface area contributed by atoms with Gasteiger partial charge in [0.25, 0.3) is 5.91 Å². The van der Waals surface area contributed by atoms with Gasteiger partial charge >= 0.3 is 0 Å². The Morgan fingerprint density at radius 3 is 2.63 bits per heavy atom. The second kappa shape index (κ2) is 10.1. The molecule has 0 atom stereocenters. The molecule has 35 heavy (non-hydrogen) atoms. The largest absolute Gasteiger partial charge is 0.467 e. The summed E-state index contributed by atoms with van der Waals surface area (Å²) in [4.78, 5) is 17.3. The molecule has 1 aliphatic rings. The Labute approximate surface area is 202 Å². The van der Waals surface area contributed by atoms with Crippen LogP contribution in [0.25, 0.3) is 11.3 Å². The molecule has 0 aliphatic carbocycles. The molecule has 0 N–H and O–H groups in total. The van der Waals surface area contributed by atoms with Gasteiger partial charge in [-0.25, -0.2) is 4.39 Å². The maximum atomic E-state index is 13.9. The van der Waals surface area contributed by atoms with Gasteiger partial charge in [-0.1, -0.05) is 35.0 Å². The molecule has 1 saturated heterocycles. The summed E-state index contributed by atoms with van der Waals surface area (Å²) in [5, 5.41) is 4.42. The maximum Gasteiger partial charge on any atom is 0.254 e. The van der Waals surface area contributed by atoms with Crippen molar-refractivity contribution in [3.63, 3.8) is 0 Å². The van der Waals surface area contributed by atoms with Crippen LogP contribution in [0.5, 0.6) is 0 Å². The molecule has 4 aromatic rings. The summed E-state index contributed by atoms with van der Waals surface area (Å²) in [7, 11) is 0. The van der Waals surface area contributed by atoms with E-state index < -0.39 is 5.82 Å². The van der Waals surface area contributed by atoms with Gasteiger partial charge in [-0.2, -0.15) is 0 Å². The number of carbonyl (C=O) groups excluding carboxylic acids is 1. The quantitative estimate of drug-likeness (QED) is 0.372. The number of nitrogens with zero attached hydrogens (tertiary/aromatic N) is 3. The summed E-state index contributed by atoms with van der Waals surface area (Å²) in [6.07, 6.45) is 1.57. The first-order chi connectivity index (χ1) is 17.1. The van der Waals surface area contributed by atoms with Gasteiger partial charge in [0.15, 0.2) is 0 Å². The van der Waals surface area contributed by atoms with Crippen molar-refractivity contribution in [3.05, 3.63) is 95.2 Å². The number of hydrogen-bond acceptors (Lipinski definition) is 6. The van der Waals surface area contributed by atoms with E-state index in [1.807, 2.05) is 37.3 Å². The van der Waals surface area contributed by atoms with Crippen molar-refractivity contribution in [3.8, 4) is 11.3 Å². The molecule has 0 spiro atoms. The Morgan fingerprint density at radius 2 is 1.89 bits per heavy atom. The van der Waals surface area contributed by atoms with Gasteiger partial charge in [0.05, 0.1) is 38.1 Å². The van der Waals surface area contributed by atoms with Crippen LogP contribution in [0, 0.1) is 12.7 Å². The number of furan rings is 1. The highest BCUT2D eigenvalue weighted by Gasteiger charge is 2.28. The minimum Gasteiger partial charge on any atom is -0.467 e. The van der Waals surface area contributed by atoms with Crippen molar-refractivity contribution in [2.75, 3.05) is 31.2 Å². The third kappa shape index (κ3) is 5.12. The van der Waals surface area contributed by atoms with Gasteiger partial charge in [0.2, 0.25) is 5.88 Å². The zero-order valence-electron chi connectivity index (χ0n) is 19.4. The number of hydrogen-bond donors (Lipinski definition) is 0. The van der Waals surface area contributed by atoms with Crippen molar-refractivity contribution < 1.29 is 22.9 Å². The number of ether oxygens (including phenoxy) is 1. The van der Waals surface area contributed by atoms with Gasteiger partial charge in [-0.3, -0.25) is 4.79 Å². The summed E-state index contributed by atoms with van der Waals surface area (Å²) in [6, 6.07) is 17.3. The number of morpholine rings is 1. The smallest absolute Gasteiger partial charge is 0.254 e. The van der Waals surface area contributed by atoms with Crippen LogP contribution in [0.3, 0.4) is 0 Å². The topological polar surface area (TPSA) is 72.0 Å². The fourth-order valence-corrected chi connectivity index (χ4v) is 4.26. The van der Waals surface area contributed by atoms with Crippen molar-refractivity contribution in [2.24, 2.45) is 0 Å². The van der Waals surface area contributed by atoms with E-state index >= 15 is 0 Å². The molecule has 8 heteroatoms. The number of aromatic nitrogens is 1. The van der Waals surface area contributed by atoms with Crippen LogP contribution < -0.4 is 4.90 Å². The molecule has 2 aromatic heterocycles. The van der Waals surface area contributed by atoms with Gasteiger partial charge < -0.3 is 23.5 Å². The Hall–Kier alpha value is -3.91. The van der Waals surface area contributed by atoms with Gasteiger partial charge in [0, 0.05) is 24.2 Å². The molecule has 0 radical (unpaired) electrons. The number of aryl methyl sites for hydroxylation is 1. The summed E-state index contributed by atoms with van der Waals surface area (Å²) < 4.78 is 30.9. The lowest BCUT2D eigenvalue weighted by atomic mass is 10.0. The molecule has 3 heterocycles. The van der Waals surface area contributed by atoms with Crippen LogP contribution in [0.2, 0.25) is 0 Å². The normalized spacial score (nSPS) is 13.7. The van der Waals surface area contributed by atoms with Crippen molar-refractivity contribution in [1.82, 2.24) is 10.1 Å². The standard InChI is InChI=1S/C27H26FN3O4/c1-19-5-2-6-20(15-19)25-24(27(35-29-25)30-10-13-33-14-11-30)18-31(17-23-9-4-12-34-23)26(32)21-7-3-8-22(28)16-21/h2-9,12,15-16H,10-11,13-14,17-18H2,1H3. The third-order valence-corrected chi connectivity index (χ3v) is 5.99. The number of benzene rings is 2. The first kappa shape index (κ1) is 22.9. The first-order valence-electron chi connectivity index (χ1n) is 11.5. The monoisotopic (exact) mass is 475 g/mol. The lowest BCUT2D eigenvalue weighted by Crippen LogP contribution is -2.37. The van der Waals surface area contributed by atoms with Gasteiger partial charge in [-0.15, -0.1) is 0 Å². The molecule has 1 amide bonds. The molecular weight excluding hydrogens is 449 g/mol. The Balaban J connectivity index is 1.56. The fourth-order valence-electron chi connectivity index (χ4n) is 4.26. The minimum absolute atomic E-state index is 0.204. The predicted molar refractivity (Wildman–Crippen MR) is 128 cm³/mol. The number of rotatable bonds is 7. The minimum atomic E-state index is -0.465. The molecule has 0 bridgehead atoms. The second-order valence-corrected chi connectivity index (χ2v) is 8.53. The SMILES string of the molecule is Cc1cccc(-c2noc(N3CCOCC3)c2CN(Cc2ccco2)C(=O)c2cccc(F)c2)c1. The zero-order chi connectivity index (χ0) is 24.2. The van der Waals surface area contributed by atoms with E-state index in [0.29, 0.717) is 43.6 Å². The zero-order valence-corrected chi connectivity index (χ0v) is 19.4. The number of amides is 1. The van der Waals surface area contributed by atoms with Crippen molar-refractivity contribution >= 4 is 11.8 Å². The van der Waals surface area contributed by atoms with Crippen LogP contribution in [-0.4, -0.2) is 42.3 Å². The van der Waals surface area contributed by atoms with Crippen molar-refractivity contribution in [1.29, 1.82) is 0 Å². The van der Waals surface area contributed by atoms with Crippen molar-refractivity contribution in [2.45, 2.75) is 20.0 Å². The molecular formula is C27H26FN3O4. The third-order valence-electron chi connectivity index (χ3n) is 5.99. The highest BCUT2D eigenvalue weighted by atomic mass is 19.1. The summed E-state index contributed by atoms with van der Waals surface area (Å²) >= 11 is 0. The first-order valence-corrected chi connectivity index (χ1v) is 11.5. The van der Waals surface area contributed by atoms with E-state index in [-0.39, 0.29) is 24.6 Å². The van der Waals surface area contributed by atoms with Crippen LogP contribution in [-0.2, 0) is 17.8 Å². The fraction of sp³-hybridized carbons (Fsp3) is 0.259. The molecule has 2 aromatic carbocycles. The summed E-state index contributed by atoms with van der Waals surface area (Å²) in [6.45, 7) is 4.91. The molecule has 0 saturated carbocycles. The number of carbonyl (C=O) groups is 1. The maximum absolute atomic E-state index is 13.9. The highest BCUT2D eigenvalue weighted by molar-refractivity contribution is 5.94. The van der Waals surface area contributed by atoms with E-state index in [1.165, 1.54) is 18.2 Å². The second-order valence-electron chi connectivity index (χ2n) is 8.53. The summed E-state index contributed by atoms with van der Waals surface area (Å²) in [5.74, 6) is 0.455. The van der Waals surface area contributed by atoms with Gasteiger partial charge in [0.1, 0.15) is 17.3 Å². The molecule has 7 nitrogen and oxygen atoms in total. The number of halogens is 1. The van der Waals surface area contributed by atoms with E-state index in [9.17, 15) is 9.18 Å². The molecule has 0 unspecified atom stereocenters. The average Bonchev–Trinajstić information content (AvgIpc) is 3.54. The predicted octanol–water partition coefficient (Wildman–Crippen LogP) is 5.06. The van der Waals surface area contributed by atoms with E-state index in [4.69, 9.17) is 13.7 Å². The molecule has 1 aliphatic heterocycles. The Kier molecular flexibility index (Phi) is 6.63. The molecule has 180 valence electrons. The Bertz CT molecular complexity index is 1300. The van der Waals surface area contributed by atoms with Crippen LogP contribution in [0.4, 0.5) is 10.3 Å². The van der Waals surface area contributed by atoms with Gasteiger partial charge in [-0.05, 0) is 43.3 Å². The van der Waals surface area contributed by atoms with Crippen LogP contribution in [0.1, 0.15) is 27.2 Å².